The first kappa shape index (κ1) is 22.7. The van der Waals surface area contributed by atoms with E-state index in [0.717, 1.165) is 5.01 Å². The van der Waals surface area contributed by atoms with Crippen LogP contribution in [0, 0.1) is 10.1 Å². The minimum Gasteiger partial charge on any atom is -0.447 e. The Morgan fingerprint density at radius 1 is 1.40 bits per heavy atom. The first-order valence-electron chi connectivity index (χ1n) is 8.70. The number of amides is 2. The van der Waals surface area contributed by atoms with E-state index in [1.807, 2.05) is 0 Å². The molecule has 0 bridgehead atoms. The lowest BCUT2D eigenvalue weighted by Crippen LogP contribution is -2.17. The molecule has 0 saturated carbocycles. The number of benzene rings is 1. The molecule has 0 radical (unpaired) electrons. The van der Waals surface area contributed by atoms with E-state index in [9.17, 15) is 19.7 Å². The van der Waals surface area contributed by atoms with E-state index in [4.69, 9.17) is 20.8 Å². The second-order valence-electron chi connectivity index (χ2n) is 6.00. The van der Waals surface area contributed by atoms with Crippen molar-refractivity contribution in [3.05, 3.63) is 57.3 Å². The Labute approximate surface area is 176 Å². The average Bonchev–Trinajstić information content (AvgIpc) is 3.29. The monoisotopic (exact) mass is 438 g/mol. The minimum atomic E-state index is -0.651. The molecule has 0 atom stereocenters. The summed E-state index contributed by atoms with van der Waals surface area (Å²) in [6.45, 7) is 4.22. The van der Waals surface area contributed by atoms with Crippen LogP contribution in [0.5, 0.6) is 0 Å². The van der Waals surface area contributed by atoms with Crippen LogP contribution in [-0.4, -0.2) is 47.6 Å². The number of halogens is 1. The summed E-state index contributed by atoms with van der Waals surface area (Å²) in [5.74, 6) is -0.170. The van der Waals surface area contributed by atoms with E-state index in [2.05, 4.69) is 15.2 Å². The summed E-state index contributed by atoms with van der Waals surface area (Å²) in [4.78, 5) is 31.8. The highest BCUT2D eigenvalue weighted by Crippen LogP contribution is 2.15. The third kappa shape index (κ3) is 7.43. The molecule has 11 nitrogen and oxygen atoms in total. The van der Waals surface area contributed by atoms with Gasteiger partial charge in [0.25, 0.3) is 0 Å². The molecule has 1 aromatic heterocycles. The Kier molecular flexibility index (Phi) is 8.18. The highest BCUT2D eigenvalue weighted by atomic mass is 35.5. The van der Waals surface area contributed by atoms with E-state index in [-0.39, 0.29) is 24.4 Å². The largest absolute Gasteiger partial charge is 0.447 e. The highest BCUT2D eigenvalue weighted by Gasteiger charge is 2.21. The summed E-state index contributed by atoms with van der Waals surface area (Å²) in [7, 11) is 0. The van der Waals surface area contributed by atoms with Crippen LogP contribution < -0.4 is 5.32 Å². The van der Waals surface area contributed by atoms with Gasteiger partial charge in [-0.15, -0.1) is 0 Å². The predicted octanol–water partition coefficient (Wildman–Crippen LogP) is 4.27. The molecule has 0 spiro atoms. The van der Waals surface area contributed by atoms with Crippen molar-refractivity contribution in [1.29, 1.82) is 0 Å². The van der Waals surface area contributed by atoms with Crippen molar-refractivity contribution in [2.45, 2.75) is 20.0 Å². The summed E-state index contributed by atoms with van der Waals surface area (Å²) in [5.41, 5.74) is 0.628. The van der Waals surface area contributed by atoms with E-state index in [1.165, 1.54) is 18.3 Å². The van der Waals surface area contributed by atoms with E-state index in [1.54, 1.807) is 38.1 Å². The van der Waals surface area contributed by atoms with Gasteiger partial charge in [-0.25, -0.2) is 9.59 Å². The molecule has 1 aromatic carbocycles. The van der Waals surface area contributed by atoms with Gasteiger partial charge in [-0.05, 0) is 38.1 Å². The van der Waals surface area contributed by atoms with Crippen molar-refractivity contribution in [3.63, 3.8) is 0 Å². The molecule has 1 saturated heterocycles. The fraction of sp³-hybridized carbons (Fsp3) is 0.278. The molecular formula is C18H19ClN4O7. The van der Waals surface area contributed by atoms with Crippen LogP contribution in [0.15, 0.2) is 45.9 Å². The predicted molar refractivity (Wildman–Crippen MR) is 108 cm³/mol. The molecule has 1 N–H and O–H groups in total. The maximum Gasteiger partial charge on any atom is 0.433 e. The van der Waals surface area contributed by atoms with Gasteiger partial charge in [-0.1, -0.05) is 17.7 Å². The normalized spacial score (nSPS) is 13.1. The smallest absolute Gasteiger partial charge is 0.433 e. The second kappa shape index (κ2) is 10.8. The Morgan fingerprint density at radius 3 is 2.73 bits per heavy atom. The fourth-order valence-electron chi connectivity index (χ4n) is 2.05. The van der Waals surface area contributed by atoms with Gasteiger partial charge in [0.1, 0.15) is 11.5 Å². The molecule has 3 rings (SSSR count). The second-order valence-corrected chi connectivity index (χ2v) is 6.44. The van der Waals surface area contributed by atoms with Gasteiger partial charge >= 0.3 is 18.1 Å². The third-order valence-electron chi connectivity index (χ3n) is 3.27. The summed E-state index contributed by atoms with van der Waals surface area (Å²) >= 11 is 5.74. The number of hydrazone groups is 1. The molecule has 2 heterocycles. The van der Waals surface area contributed by atoms with Crippen molar-refractivity contribution >= 4 is 41.6 Å². The van der Waals surface area contributed by atoms with Gasteiger partial charge in [-0.2, -0.15) is 10.1 Å². The molecule has 1 aliphatic heterocycles. The quantitative estimate of drug-likeness (QED) is 0.418. The summed E-state index contributed by atoms with van der Waals surface area (Å²) < 4.78 is 14.3. The Bertz CT molecular complexity index is 929. The zero-order valence-corrected chi connectivity index (χ0v) is 16.9. The number of carbonyl (C=O) groups is 2. The first-order chi connectivity index (χ1) is 14.2. The summed E-state index contributed by atoms with van der Waals surface area (Å²) in [5, 5.41) is 18.3. The molecule has 1 fully saturated rings. The Hall–Kier alpha value is -3.60. The number of rotatable bonds is 5. The van der Waals surface area contributed by atoms with Crippen molar-refractivity contribution in [2.24, 2.45) is 5.10 Å². The number of hydrogen-bond donors (Lipinski definition) is 1. The molecule has 0 aliphatic carbocycles. The number of cyclic esters (lactones) is 1. The van der Waals surface area contributed by atoms with E-state index < -0.39 is 17.1 Å². The van der Waals surface area contributed by atoms with Crippen LogP contribution in [0.4, 0.5) is 21.2 Å². The summed E-state index contributed by atoms with van der Waals surface area (Å²) in [6.07, 6.45) is 0.0771. The van der Waals surface area contributed by atoms with Crippen molar-refractivity contribution in [1.82, 2.24) is 5.01 Å². The molecule has 2 aromatic rings. The minimum absolute atomic E-state index is 0.130. The van der Waals surface area contributed by atoms with Gasteiger partial charge in [0.15, 0.2) is 5.76 Å². The van der Waals surface area contributed by atoms with Gasteiger partial charge in [-0.3, -0.25) is 15.4 Å². The van der Waals surface area contributed by atoms with Crippen LogP contribution >= 0.6 is 11.6 Å². The Morgan fingerprint density at radius 2 is 2.17 bits per heavy atom. The number of nitrogens with one attached hydrogen (secondary N) is 1. The fourth-order valence-corrected chi connectivity index (χ4v) is 2.24. The molecule has 1 aliphatic rings. The number of anilines is 1. The molecule has 12 heteroatoms. The van der Waals surface area contributed by atoms with Gasteiger partial charge in [0, 0.05) is 10.7 Å². The molecule has 2 amide bonds. The lowest BCUT2D eigenvalue weighted by molar-refractivity contribution is -0.402. The lowest BCUT2D eigenvalue weighted by atomic mass is 10.3. The van der Waals surface area contributed by atoms with Crippen LogP contribution in [0.1, 0.15) is 19.6 Å². The maximum atomic E-state index is 11.2. The van der Waals surface area contributed by atoms with Gasteiger partial charge < -0.3 is 13.9 Å². The molecule has 30 heavy (non-hydrogen) atoms. The van der Waals surface area contributed by atoms with Crippen LogP contribution in [0.2, 0.25) is 5.02 Å². The van der Waals surface area contributed by atoms with Crippen molar-refractivity contribution in [3.8, 4) is 0 Å². The summed E-state index contributed by atoms with van der Waals surface area (Å²) in [6, 6.07) is 9.50. The van der Waals surface area contributed by atoms with E-state index >= 15 is 0 Å². The SMILES string of the molecule is CC(C)OC(=O)Nc1cccc(Cl)c1.O=C1OCCN1N=Cc1ccc([N+](=O)[O-])o1. The topological polar surface area (TPSA) is 137 Å². The lowest BCUT2D eigenvalue weighted by Gasteiger charge is -2.09. The maximum absolute atomic E-state index is 11.2. The van der Waals surface area contributed by atoms with Crippen molar-refractivity contribution in [2.75, 3.05) is 18.5 Å². The van der Waals surface area contributed by atoms with Crippen LogP contribution in [0.25, 0.3) is 0 Å². The van der Waals surface area contributed by atoms with Crippen LogP contribution in [0.3, 0.4) is 0 Å². The molecular weight excluding hydrogens is 420 g/mol. The molecule has 160 valence electrons. The Balaban J connectivity index is 0.000000216. The number of nitrogens with zero attached hydrogens (tertiary/aromatic N) is 3. The van der Waals surface area contributed by atoms with Gasteiger partial charge in [0.05, 0.1) is 24.9 Å². The van der Waals surface area contributed by atoms with Gasteiger partial charge in [0.2, 0.25) is 0 Å². The third-order valence-corrected chi connectivity index (χ3v) is 3.51. The zero-order chi connectivity index (χ0) is 22.1. The number of hydrogen-bond acceptors (Lipinski definition) is 8. The number of nitro groups is 1. The average molecular weight is 439 g/mol. The highest BCUT2D eigenvalue weighted by molar-refractivity contribution is 6.30. The van der Waals surface area contributed by atoms with E-state index in [0.29, 0.717) is 17.3 Å². The molecule has 0 unspecified atom stereocenters. The van der Waals surface area contributed by atoms with Crippen molar-refractivity contribution < 1.29 is 28.4 Å². The zero-order valence-electron chi connectivity index (χ0n) is 16.1. The number of carbonyl (C=O) groups excluding carboxylic acids is 2. The first-order valence-corrected chi connectivity index (χ1v) is 9.08. The number of furan rings is 1. The standard InChI is InChI=1S/C10H12ClNO2.C8H7N3O5/c1-7(2)14-10(13)12-9-5-3-4-8(11)6-9;12-8-10(3-4-15-8)9-5-6-1-2-7(16-6)11(13)14/h3-7H,1-2H3,(H,12,13);1-2,5H,3-4H2. The number of ether oxygens (including phenoxy) is 2. The van der Waals surface area contributed by atoms with Crippen LogP contribution in [-0.2, 0) is 9.47 Å².